The molecular formula is C15H9BrCl2F3NO2. The molecule has 2 aromatic rings. The van der Waals surface area contributed by atoms with Crippen LogP contribution in [0.2, 0.25) is 10.0 Å². The number of benzene rings is 2. The van der Waals surface area contributed by atoms with E-state index in [2.05, 4.69) is 21.2 Å². The first kappa shape index (κ1) is 18.9. The molecule has 2 rings (SSSR count). The van der Waals surface area contributed by atoms with Crippen LogP contribution in [-0.2, 0) is 11.0 Å². The van der Waals surface area contributed by atoms with Crippen LogP contribution in [0.25, 0.3) is 0 Å². The third-order valence-corrected chi connectivity index (χ3v) is 3.94. The molecule has 0 aromatic heterocycles. The van der Waals surface area contributed by atoms with Crippen LogP contribution in [0, 0.1) is 0 Å². The Labute approximate surface area is 153 Å². The number of halogens is 6. The fourth-order valence-electron chi connectivity index (χ4n) is 1.80. The Morgan fingerprint density at radius 2 is 1.88 bits per heavy atom. The maximum Gasteiger partial charge on any atom is 0.418 e. The Kier molecular flexibility index (Phi) is 6.01. The van der Waals surface area contributed by atoms with Gasteiger partial charge in [0.15, 0.2) is 6.61 Å². The fraction of sp³-hybridized carbons (Fsp3) is 0.133. The Balaban J connectivity index is 2.10. The van der Waals surface area contributed by atoms with Gasteiger partial charge in [-0.25, -0.2) is 0 Å². The summed E-state index contributed by atoms with van der Waals surface area (Å²) in [6.45, 7) is -0.524. The summed E-state index contributed by atoms with van der Waals surface area (Å²) in [6, 6.07) is 7.96. The second-order valence-electron chi connectivity index (χ2n) is 4.57. The number of amides is 1. The first-order valence-electron chi connectivity index (χ1n) is 6.42. The highest BCUT2D eigenvalue weighted by atomic mass is 79.9. The molecule has 0 atom stereocenters. The van der Waals surface area contributed by atoms with E-state index in [1.165, 1.54) is 12.1 Å². The van der Waals surface area contributed by atoms with E-state index in [4.69, 9.17) is 27.9 Å². The molecule has 0 heterocycles. The molecule has 24 heavy (non-hydrogen) atoms. The molecule has 0 saturated carbocycles. The van der Waals surface area contributed by atoms with Gasteiger partial charge in [-0.15, -0.1) is 0 Å². The van der Waals surface area contributed by atoms with Crippen molar-refractivity contribution in [2.75, 3.05) is 11.9 Å². The number of hydrogen-bond acceptors (Lipinski definition) is 2. The summed E-state index contributed by atoms with van der Waals surface area (Å²) in [4.78, 5) is 11.9. The van der Waals surface area contributed by atoms with E-state index in [0.717, 1.165) is 16.6 Å². The van der Waals surface area contributed by atoms with E-state index < -0.39 is 29.9 Å². The van der Waals surface area contributed by atoms with Gasteiger partial charge in [-0.1, -0.05) is 45.2 Å². The number of anilines is 1. The fourth-order valence-corrected chi connectivity index (χ4v) is 2.75. The molecule has 9 heteroatoms. The third-order valence-electron chi connectivity index (χ3n) is 2.84. The van der Waals surface area contributed by atoms with Crippen molar-refractivity contribution in [2.45, 2.75) is 6.18 Å². The van der Waals surface area contributed by atoms with Gasteiger partial charge in [0.1, 0.15) is 5.75 Å². The second-order valence-corrected chi connectivity index (χ2v) is 6.30. The molecule has 128 valence electrons. The Morgan fingerprint density at radius 3 is 2.50 bits per heavy atom. The lowest BCUT2D eigenvalue weighted by Gasteiger charge is -2.15. The molecule has 0 bridgehead atoms. The first-order valence-corrected chi connectivity index (χ1v) is 7.97. The van der Waals surface area contributed by atoms with Crippen molar-refractivity contribution >= 4 is 50.7 Å². The Morgan fingerprint density at radius 1 is 1.17 bits per heavy atom. The molecule has 0 aliphatic rings. The Hall–Kier alpha value is -1.44. The normalized spacial score (nSPS) is 11.2. The lowest BCUT2D eigenvalue weighted by atomic mass is 10.1. The number of carbonyl (C=O) groups is 1. The molecule has 0 radical (unpaired) electrons. The minimum absolute atomic E-state index is 0.222. The molecule has 3 nitrogen and oxygen atoms in total. The monoisotopic (exact) mass is 441 g/mol. The van der Waals surface area contributed by atoms with Crippen molar-refractivity contribution in [3.63, 3.8) is 0 Å². The van der Waals surface area contributed by atoms with E-state index >= 15 is 0 Å². The van der Waals surface area contributed by atoms with E-state index in [1.54, 1.807) is 12.1 Å². The number of rotatable bonds is 4. The summed E-state index contributed by atoms with van der Waals surface area (Å²) in [6.07, 6.45) is -4.65. The van der Waals surface area contributed by atoms with E-state index in [0.29, 0.717) is 0 Å². The highest BCUT2D eigenvalue weighted by molar-refractivity contribution is 9.10. The Bertz CT molecular complexity index is 769. The number of alkyl halides is 3. The summed E-state index contributed by atoms with van der Waals surface area (Å²) in [5.74, 6) is -0.571. The molecule has 0 fully saturated rings. The van der Waals surface area contributed by atoms with Gasteiger partial charge in [-0.3, -0.25) is 4.79 Å². The smallest absolute Gasteiger partial charge is 0.418 e. The summed E-state index contributed by atoms with van der Waals surface area (Å²) < 4.78 is 44.8. The zero-order valence-corrected chi connectivity index (χ0v) is 14.9. The molecule has 1 N–H and O–H groups in total. The molecule has 0 aliphatic carbocycles. The summed E-state index contributed by atoms with van der Waals surface area (Å²) in [5.41, 5.74) is -1.55. The van der Waals surface area contributed by atoms with Crippen LogP contribution in [-0.4, -0.2) is 12.5 Å². The van der Waals surface area contributed by atoms with Crippen LogP contribution in [0.4, 0.5) is 18.9 Å². The zero-order chi connectivity index (χ0) is 17.9. The maximum atomic E-state index is 13.0. The van der Waals surface area contributed by atoms with E-state index in [9.17, 15) is 18.0 Å². The number of carbonyl (C=O) groups excluding carboxylic acids is 1. The van der Waals surface area contributed by atoms with Crippen molar-refractivity contribution in [2.24, 2.45) is 0 Å². The molecule has 0 saturated heterocycles. The third kappa shape index (κ3) is 4.78. The zero-order valence-electron chi connectivity index (χ0n) is 11.8. The number of hydrogen-bond donors (Lipinski definition) is 1. The molecule has 0 unspecified atom stereocenters. The lowest BCUT2D eigenvalue weighted by molar-refractivity contribution is -0.137. The van der Waals surface area contributed by atoms with Crippen molar-refractivity contribution in [1.82, 2.24) is 0 Å². The molecule has 0 aliphatic heterocycles. The van der Waals surface area contributed by atoms with Crippen LogP contribution in [0.3, 0.4) is 0 Å². The summed E-state index contributed by atoms with van der Waals surface area (Å²) in [5, 5.41) is 2.15. The number of nitrogens with one attached hydrogen (secondary N) is 1. The average molecular weight is 443 g/mol. The number of para-hydroxylation sites is 1. The highest BCUT2D eigenvalue weighted by Gasteiger charge is 2.34. The minimum Gasteiger partial charge on any atom is -0.482 e. The van der Waals surface area contributed by atoms with Crippen LogP contribution < -0.4 is 10.1 Å². The number of ether oxygens (including phenoxy) is 1. The van der Waals surface area contributed by atoms with Gasteiger partial charge in [0.05, 0.1) is 21.3 Å². The van der Waals surface area contributed by atoms with Gasteiger partial charge in [-0.2, -0.15) is 13.2 Å². The van der Waals surface area contributed by atoms with Crippen LogP contribution >= 0.6 is 39.1 Å². The van der Waals surface area contributed by atoms with Gasteiger partial charge in [0.2, 0.25) is 0 Å². The predicted octanol–water partition coefficient (Wildman–Crippen LogP) is 5.79. The highest BCUT2D eigenvalue weighted by Crippen LogP contribution is 2.38. The van der Waals surface area contributed by atoms with Crippen LogP contribution in [0.5, 0.6) is 5.75 Å². The van der Waals surface area contributed by atoms with Crippen molar-refractivity contribution < 1.29 is 22.7 Å². The van der Waals surface area contributed by atoms with Gasteiger partial charge < -0.3 is 10.1 Å². The first-order chi connectivity index (χ1) is 11.2. The quantitative estimate of drug-likeness (QED) is 0.650. The van der Waals surface area contributed by atoms with Crippen LogP contribution in [0.15, 0.2) is 40.9 Å². The van der Waals surface area contributed by atoms with Crippen LogP contribution in [0.1, 0.15) is 5.56 Å². The minimum atomic E-state index is -4.65. The van der Waals surface area contributed by atoms with Crippen molar-refractivity contribution in [3.05, 3.63) is 56.5 Å². The van der Waals surface area contributed by atoms with Gasteiger partial charge in [0.25, 0.3) is 5.91 Å². The van der Waals surface area contributed by atoms with E-state index in [-0.39, 0.29) is 15.8 Å². The molecule has 2 aromatic carbocycles. The predicted molar refractivity (Wildman–Crippen MR) is 89.7 cm³/mol. The maximum absolute atomic E-state index is 13.0. The lowest BCUT2D eigenvalue weighted by Crippen LogP contribution is -2.22. The van der Waals surface area contributed by atoms with Gasteiger partial charge >= 0.3 is 6.18 Å². The molecular weight excluding hydrogens is 434 g/mol. The topological polar surface area (TPSA) is 38.3 Å². The van der Waals surface area contributed by atoms with Gasteiger partial charge in [-0.05, 0) is 30.3 Å². The van der Waals surface area contributed by atoms with Gasteiger partial charge in [0, 0.05) is 4.47 Å². The summed E-state index contributed by atoms with van der Waals surface area (Å²) in [7, 11) is 0. The van der Waals surface area contributed by atoms with Crippen molar-refractivity contribution in [1.29, 1.82) is 0 Å². The SMILES string of the molecule is O=C(COc1ccc(Br)cc1Cl)Nc1c(Cl)cccc1C(F)(F)F. The second kappa shape index (κ2) is 7.63. The standard InChI is InChI=1S/C15H9BrCl2F3NO2/c16-8-4-5-12(11(18)6-8)24-7-13(23)22-14-9(15(19,20)21)2-1-3-10(14)17/h1-6H,7H2,(H,22,23). The molecule has 1 amide bonds. The average Bonchev–Trinajstić information content (AvgIpc) is 2.47. The van der Waals surface area contributed by atoms with E-state index in [1.807, 2.05) is 0 Å². The largest absolute Gasteiger partial charge is 0.482 e. The molecule has 0 spiro atoms. The van der Waals surface area contributed by atoms with Crippen molar-refractivity contribution in [3.8, 4) is 5.75 Å². The summed E-state index contributed by atoms with van der Waals surface area (Å²) >= 11 is 14.9.